The average Bonchev–Trinajstić information content (AvgIpc) is 3.02. The van der Waals surface area contributed by atoms with Crippen LogP contribution in [0.3, 0.4) is 0 Å². The summed E-state index contributed by atoms with van der Waals surface area (Å²) < 4.78 is 5.07. The van der Waals surface area contributed by atoms with E-state index in [1.165, 1.54) is 11.8 Å². The molecule has 3 aromatic rings. The van der Waals surface area contributed by atoms with Crippen LogP contribution in [-0.2, 0) is 4.79 Å². The monoisotopic (exact) mass is 304 g/mol. The zero-order chi connectivity index (χ0) is 14.8. The molecule has 108 valence electrons. The highest BCUT2D eigenvalue weighted by Gasteiger charge is 2.10. The van der Waals surface area contributed by atoms with Crippen LogP contribution in [0.5, 0.6) is 0 Å². The van der Waals surface area contributed by atoms with Gasteiger partial charge < -0.3 is 15.1 Å². The molecule has 9 heteroatoms. The first-order valence-corrected chi connectivity index (χ1v) is 7.07. The molecule has 0 atom stereocenters. The van der Waals surface area contributed by atoms with Crippen LogP contribution in [-0.4, -0.2) is 31.8 Å². The van der Waals surface area contributed by atoms with Gasteiger partial charge in [0.1, 0.15) is 0 Å². The Morgan fingerprint density at radius 2 is 2.33 bits per heavy atom. The van der Waals surface area contributed by atoms with E-state index >= 15 is 0 Å². The molecule has 2 aromatic heterocycles. The van der Waals surface area contributed by atoms with Gasteiger partial charge in [0.15, 0.2) is 5.16 Å². The molecule has 0 saturated carbocycles. The summed E-state index contributed by atoms with van der Waals surface area (Å²) in [6.45, 7) is 1.65. The smallest absolute Gasteiger partial charge is 0.322 e. The number of fused-ring (bicyclic) bond motifs is 1. The van der Waals surface area contributed by atoms with Crippen LogP contribution in [0.15, 0.2) is 27.8 Å². The molecule has 0 bridgehead atoms. The van der Waals surface area contributed by atoms with Gasteiger partial charge in [-0.1, -0.05) is 16.9 Å². The van der Waals surface area contributed by atoms with Crippen LogP contribution in [0.2, 0.25) is 0 Å². The third-order valence-electron chi connectivity index (χ3n) is 2.60. The highest BCUT2D eigenvalue weighted by molar-refractivity contribution is 7.99. The van der Waals surface area contributed by atoms with Crippen LogP contribution in [0.1, 0.15) is 5.89 Å². The van der Waals surface area contributed by atoms with Crippen LogP contribution in [0, 0.1) is 6.92 Å². The van der Waals surface area contributed by atoms with Gasteiger partial charge in [-0.2, -0.15) is 0 Å². The van der Waals surface area contributed by atoms with Gasteiger partial charge in [0.05, 0.1) is 16.8 Å². The molecule has 0 fully saturated rings. The Kier molecular flexibility index (Phi) is 3.48. The van der Waals surface area contributed by atoms with E-state index in [9.17, 15) is 4.79 Å². The van der Waals surface area contributed by atoms with Crippen molar-refractivity contribution in [3.8, 4) is 0 Å². The Labute approximate surface area is 123 Å². The largest absolute Gasteiger partial charge is 0.408 e. The maximum absolute atomic E-state index is 11.7. The number of hydrogen-bond donors (Lipinski definition) is 3. The van der Waals surface area contributed by atoms with Gasteiger partial charge in [-0.3, -0.25) is 10.1 Å². The molecule has 0 aliphatic rings. The zero-order valence-corrected chi connectivity index (χ0v) is 11.9. The lowest BCUT2D eigenvalue weighted by Gasteiger charge is -1.98. The Hall–Kier alpha value is -2.55. The maximum atomic E-state index is 11.7. The van der Waals surface area contributed by atoms with E-state index in [-0.39, 0.29) is 17.7 Å². The summed E-state index contributed by atoms with van der Waals surface area (Å²) in [5.41, 5.74) is 8.00. The molecule has 2 heterocycles. The highest BCUT2D eigenvalue weighted by Crippen LogP contribution is 2.21. The van der Waals surface area contributed by atoms with Crippen molar-refractivity contribution in [3.63, 3.8) is 0 Å². The van der Waals surface area contributed by atoms with Crippen molar-refractivity contribution < 1.29 is 9.21 Å². The molecule has 0 aliphatic heterocycles. The fraction of sp³-hybridized carbons (Fsp3) is 0.167. The maximum Gasteiger partial charge on any atom is 0.322 e. The van der Waals surface area contributed by atoms with Gasteiger partial charge in [0, 0.05) is 12.6 Å². The van der Waals surface area contributed by atoms with Crippen molar-refractivity contribution in [2.24, 2.45) is 0 Å². The zero-order valence-electron chi connectivity index (χ0n) is 11.1. The topological polar surface area (TPSA) is 123 Å². The van der Waals surface area contributed by atoms with E-state index in [1.54, 1.807) is 19.1 Å². The molecule has 0 unspecified atom stereocenters. The minimum atomic E-state index is -0.247. The van der Waals surface area contributed by atoms with Gasteiger partial charge in [0.25, 0.3) is 0 Å². The van der Waals surface area contributed by atoms with Crippen molar-refractivity contribution >= 4 is 40.4 Å². The van der Waals surface area contributed by atoms with E-state index in [0.29, 0.717) is 16.7 Å². The fourth-order valence-corrected chi connectivity index (χ4v) is 2.39. The number of amides is 1. The van der Waals surface area contributed by atoms with E-state index < -0.39 is 0 Å². The Morgan fingerprint density at radius 1 is 1.48 bits per heavy atom. The fourth-order valence-electron chi connectivity index (χ4n) is 1.71. The highest BCUT2D eigenvalue weighted by atomic mass is 32.2. The Morgan fingerprint density at radius 3 is 3.10 bits per heavy atom. The van der Waals surface area contributed by atoms with Crippen LogP contribution < -0.4 is 11.1 Å². The standard InChI is InChI=1S/C12H12N6O2S/c1-6-17-18-11(20-6)16-10(19)5-21-12-14-8-3-2-7(13)4-9(8)15-12/h2-4H,5,13H2,1H3,(H,14,15)(H,16,18,19). The van der Waals surface area contributed by atoms with Crippen LogP contribution in [0.4, 0.5) is 11.7 Å². The van der Waals surface area contributed by atoms with E-state index in [2.05, 4.69) is 25.5 Å². The third-order valence-corrected chi connectivity index (χ3v) is 3.47. The first-order valence-electron chi connectivity index (χ1n) is 6.08. The quantitative estimate of drug-likeness (QED) is 0.493. The lowest BCUT2D eigenvalue weighted by atomic mass is 10.3. The number of aromatic amines is 1. The second-order valence-corrected chi connectivity index (χ2v) is 5.25. The van der Waals surface area contributed by atoms with Gasteiger partial charge in [-0.15, -0.1) is 5.10 Å². The number of anilines is 2. The number of benzene rings is 1. The number of thioether (sulfide) groups is 1. The first-order chi connectivity index (χ1) is 10.1. The van der Waals surface area contributed by atoms with Gasteiger partial charge in [-0.25, -0.2) is 4.98 Å². The Balaban J connectivity index is 1.61. The summed E-state index contributed by atoms with van der Waals surface area (Å²) in [5.74, 6) is 0.327. The van der Waals surface area contributed by atoms with E-state index in [4.69, 9.17) is 10.2 Å². The number of nitrogens with one attached hydrogen (secondary N) is 2. The number of nitrogen functional groups attached to an aromatic ring is 1. The van der Waals surface area contributed by atoms with Gasteiger partial charge in [0.2, 0.25) is 11.8 Å². The van der Waals surface area contributed by atoms with Gasteiger partial charge >= 0.3 is 6.01 Å². The van der Waals surface area contributed by atoms with E-state index in [1.807, 2.05) is 6.07 Å². The summed E-state index contributed by atoms with van der Waals surface area (Å²) in [4.78, 5) is 19.2. The normalized spacial score (nSPS) is 10.9. The van der Waals surface area contributed by atoms with Crippen LogP contribution in [0.25, 0.3) is 11.0 Å². The number of nitrogens with two attached hydrogens (primary N) is 1. The molecule has 4 N–H and O–H groups in total. The van der Waals surface area contributed by atoms with Gasteiger partial charge in [-0.05, 0) is 18.2 Å². The summed E-state index contributed by atoms with van der Waals surface area (Å²) in [6, 6.07) is 5.50. The van der Waals surface area contributed by atoms with Crippen molar-refractivity contribution in [2.75, 3.05) is 16.8 Å². The summed E-state index contributed by atoms with van der Waals surface area (Å²) in [6.07, 6.45) is 0. The molecule has 21 heavy (non-hydrogen) atoms. The van der Waals surface area contributed by atoms with Crippen LogP contribution >= 0.6 is 11.8 Å². The molecular weight excluding hydrogens is 292 g/mol. The number of H-pyrrole nitrogens is 1. The van der Waals surface area contributed by atoms with Crippen molar-refractivity contribution in [2.45, 2.75) is 12.1 Å². The molecule has 0 spiro atoms. The summed E-state index contributed by atoms with van der Waals surface area (Å²) in [7, 11) is 0. The summed E-state index contributed by atoms with van der Waals surface area (Å²) >= 11 is 1.28. The third kappa shape index (κ3) is 3.14. The van der Waals surface area contributed by atoms with E-state index in [0.717, 1.165) is 11.0 Å². The Bertz CT molecular complexity index is 796. The number of aromatic nitrogens is 4. The number of imidazole rings is 1. The minimum Gasteiger partial charge on any atom is -0.408 e. The predicted octanol–water partition coefficient (Wildman–Crippen LogP) is 1.57. The molecule has 3 rings (SSSR count). The lowest BCUT2D eigenvalue weighted by Crippen LogP contribution is -2.14. The lowest BCUT2D eigenvalue weighted by molar-refractivity contribution is -0.113. The second-order valence-electron chi connectivity index (χ2n) is 4.28. The molecule has 0 aliphatic carbocycles. The minimum absolute atomic E-state index is 0.0930. The molecule has 1 amide bonds. The number of rotatable bonds is 4. The van der Waals surface area contributed by atoms with Crippen molar-refractivity contribution in [1.82, 2.24) is 20.2 Å². The second kappa shape index (κ2) is 5.44. The first kappa shape index (κ1) is 13.4. The summed E-state index contributed by atoms with van der Waals surface area (Å²) in [5, 5.41) is 10.5. The van der Waals surface area contributed by atoms with Crippen molar-refractivity contribution in [3.05, 3.63) is 24.1 Å². The number of aryl methyl sites for hydroxylation is 1. The molecule has 0 radical (unpaired) electrons. The number of carbonyl (C=O) groups excluding carboxylic acids is 1. The SMILES string of the molecule is Cc1nnc(NC(=O)CSc2nc3ccc(N)cc3[nH]2)o1. The molecule has 8 nitrogen and oxygen atoms in total. The average molecular weight is 304 g/mol. The molecule has 0 saturated heterocycles. The number of carbonyl (C=O) groups is 1. The van der Waals surface area contributed by atoms with Crippen molar-refractivity contribution in [1.29, 1.82) is 0 Å². The number of nitrogens with zero attached hydrogens (tertiary/aromatic N) is 3. The molecule has 1 aromatic carbocycles. The number of hydrogen-bond acceptors (Lipinski definition) is 7. The molecular formula is C12H12N6O2S. The predicted molar refractivity (Wildman–Crippen MR) is 78.9 cm³/mol.